The molecule has 1 atom stereocenters. The van der Waals surface area contributed by atoms with E-state index < -0.39 is 29.7 Å². The number of hydrogen-bond acceptors (Lipinski definition) is 5. The average Bonchev–Trinajstić information content (AvgIpc) is 3.01. The number of aliphatic hydroxyl groups excluding tert-OH is 1. The maximum Gasteiger partial charge on any atom is 0.416 e. The summed E-state index contributed by atoms with van der Waals surface area (Å²) in [5.41, 5.74) is -0.462. The Hall–Kier alpha value is -3.01. The maximum absolute atomic E-state index is 12.5. The van der Waals surface area contributed by atoms with E-state index in [9.17, 15) is 27.9 Å². The highest BCUT2D eigenvalue weighted by atomic mass is 19.4. The van der Waals surface area contributed by atoms with Gasteiger partial charge in [0.15, 0.2) is 0 Å². The Morgan fingerprint density at radius 2 is 1.87 bits per heavy atom. The van der Waals surface area contributed by atoms with E-state index in [-0.39, 0.29) is 25.4 Å². The molecule has 2 N–H and O–H groups in total. The summed E-state index contributed by atoms with van der Waals surface area (Å²) >= 11 is 0. The van der Waals surface area contributed by atoms with Gasteiger partial charge in [-0.25, -0.2) is 0 Å². The summed E-state index contributed by atoms with van der Waals surface area (Å²) in [6.45, 7) is 2.77. The van der Waals surface area contributed by atoms with Gasteiger partial charge in [0.2, 0.25) is 5.91 Å². The second kappa shape index (κ2) is 9.66. The predicted octanol–water partition coefficient (Wildman–Crippen LogP) is 2.54. The summed E-state index contributed by atoms with van der Waals surface area (Å²) < 4.78 is 48.1. The van der Waals surface area contributed by atoms with Crippen LogP contribution in [0.4, 0.5) is 13.2 Å². The second-order valence-electron chi connectivity index (χ2n) is 6.77. The normalized spacial score (nSPS) is 12.4. The maximum atomic E-state index is 12.5. The fraction of sp³-hybridized carbons (Fsp3) is 0.400. The third-order valence-corrected chi connectivity index (χ3v) is 4.22. The number of nitrogens with one attached hydrogen (secondary N) is 1. The lowest BCUT2D eigenvalue weighted by Crippen LogP contribution is -2.42. The number of carbonyl (C=O) groups is 2. The standard InChI is InChI=1S/C20H23F3N2O5/c1-12-8-17(13(2)30-12)19(28)24-9-18(27)25(3)10-15(26)11-29-16-6-4-14(5-7-16)20(21,22)23/h4-8,15,26H,9-11H2,1-3H3,(H,24,28)/t15-/m0/s1. The molecule has 1 heterocycles. The lowest BCUT2D eigenvalue weighted by Gasteiger charge is -2.21. The number of amides is 2. The lowest BCUT2D eigenvalue weighted by atomic mass is 10.2. The first-order valence-corrected chi connectivity index (χ1v) is 9.04. The van der Waals surface area contributed by atoms with Crippen LogP contribution in [-0.4, -0.2) is 54.7 Å². The minimum atomic E-state index is -4.44. The summed E-state index contributed by atoms with van der Waals surface area (Å²) in [7, 11) is 1.45. The van der Waals surface area contributed by atoms with Gasteiger partial charge in [0.05, 0.1) is 17.7 Å². The van der Waals surface area contributed by atoms with E-state index in [1.807, 2.05) is 0 Å². The van der Waals surface area contributed by atoms with Crippen LogP contribution in [0.15, 0.2) is 34.7 Å². The van der Waals surface area contributed by atoms with Crippen molar-refractivity contribution >= 4 is 11.8 Å². The van der Waals surface area contributed by atoms with Crippen LogP contribution in [0.1, 0.15) is 27.4 Å². The number of likely N-dealkylation sites (N-methyl/N-ethyl adjacent to an activating group) is 1. The fourth-order valence-corrected chi connectivity index (χ4v) is 2.65. The van der Waals surface area contributed by atoms with E-state index in [0.717, 1.165) is 24.3 Å². The van der Waals surface area contributed by atoms with Crippen molar-refractivity contribution in [2.45, 2.75) is 26.1 Å². The van der Waals surface area contributed by atoms with Gasteiger partial charge in [0.25, 0.3) is 5.91 Å². The number of aliphatic hydroxyl groups is 1. The van der Waals surface area contributed by atoms with Crippen molar-refractivity contribution in [2.75, 3.05) is 26.7 Å². The van der Waals surface area contributed by atoms with E-state index >= 15 is 0 Å². The molecule has 2 aromatic rings. The number of alkyl halides is 3. The van der Waals surface area contributed by atoms with Crippen molar-refractivity contribution < 1.29 is 37.0 Å². The van der Waals surface area contributed by atoms with Crippen molar-refractivity contribution in [3.8, 4) is 5.75 Å². The molecule has 10 heteroatoms. The molecular weight excluding hydrogens is 405 g/mol. The van der Waals surface area contributed by atoms with Crippen molar-refractivity contribution in [2.24, 2.45) is 0 Å². The Kier molecular flexibility index (Phi) is 7.49. The Labute approximate surface area is 171 Å². The number of ether oxygens (including phenoxy) is 1. The van der Waals surface area contributed by atoms with Crippen molar-refractivity contribution in [3.05, 3.63) is 53.0 Å². The largest absolute Gasteiger partial charge is 0.491 e. The summed E-state index contributed by atoms with van der Waals surface area (Å²) in [6.07, 6.45) is -5.51. The van der Waals surface area contributed by atoms with Crippen molar-refractivity contribution in [1.82, 2.24) is 10.2 Å². The quantitative estimate of drug-likeness (QED) is 0.674. The van der Waals surface area contributed by atoms with Gasteiger partial charge in [0.1, 0.15) is 30.0 Å². The van der Waals surface area contributed by atoms with Gasteiger partial charge in [-0.15, -0.1) is 0 Å². The van der Waals surface area contributed by atoms with Gasteiger partial charge >= 0.3 is 6.18 Å². The van der Waals surface area contributed by atoms with Crippen LogP contribution in [0.25, 0.3) is 0 Å². The molecule has 0 aliphatic heterocycles. The fourth-order valence-electron chi connectivity index (χ4n) is 2.65. The molecule has 0 saturated heterocycles. The molecule has 0 spiro atoms. The number of benzene rings is 1. The van der Waals surface area contributed by atoms with Crippen LogP contribution in [0.5, 0.6) is 5.75 Å². The Morgan fingerprint density at radius 3 is 2.40 bits per heavy atom. The number of aryl methyl sites for hydroxylation is 2. The number of furan rings is 1. The highest BCUT2D eigenvalue weighted by Crippen LogP contribution is 2.30. The zero-order chi connectivity index (χ0) is 22.5. The first-order chi connectivity index (χ1) is 14.0. The first-order valence-electron chi connectivity index (χ1n) is 9.04. The van der Waals surface area contributed by atoms with Gasteiger partial charge < -0.3 is 24.5 Å². The third-order valence-electron chi connectivity index (χ3n) is 4.22. The molecule has 30 heavy (non-hydrogen) atoms. The van der Waals surface area contributed by atoms with E-state index in [4.69, 9.17) is 9.15 Å². The molecule has 1 aromatic heterocycles. The van der Waals surface area contributed by atoms with Gasteiger partial charge in [-0.3, -0.25) is 9.59 Å². The Bertz CT molecular complexity index is 878. The zero-order valence-corrected chi connectivity index (χ0v) is 16.7. The van der Waals surface area contributed by atoms with Crippen LogP contribution in [0.3, 0.4) is 0 Å². The van der Waals surface area contributed by atoms with Gasteiger partial charge in [-0.1, -0.05) is 0 Å². The first kappa shape index (κ1) is 23.3. The van der Waals surface area contributed by atoms with Crippen LogP contribution < -0.4 is 10.1 Å². The van der Waals surface area contributed by atoms with Crippen LogP contribution >= 0.6 is 0 Å². The molecule has 0 fully saturated rings. The number of rotatable bonds is 8. The summed E-state index contributed by atoms with van der Waals surface area (Å²) in [5, 5.41) is 12.5. The predicted molar refractivity (Wildman–Crippen MR) is 101 cm³/mol. The van der Waals surface area contributed by atoms with Crippen LogP contribution in [0, 0.1) is 13.8 Å². The molecule has 164 valence electrons. The lowest BCUT2D eigenvalue weighted by molar-refractivity contribution is -0.137. The molecule has 7 nitrogen and oxygen atoms in total. The molecule has 1 aromatic carbocycles. The minimum Gasteiger partial charge on any atom is -0.491 e. The SMILES string of the molecule is Cc1cc(C(=O)NCC(=O)N(C)C[C@H](O)COc2ccc(C(F)(F)F)cc2)c(C)o1. The van der Waals surface area contributed by atoms with Crippen LogP contribution in [0.2, 0.25) is 0 Å². The van der Waals surface area contributed by atoms with Gasteiger partial charge in [-0.2, -0.15) is 13.2 Å². The van der Waals surface area contributed by atoms with E-state index in [1.165, 1.54) is 11.9 Å². The zero-order valence-electron chi connectivity index (χ0n) is 16.7. The van der Waals surface area contributed by atoms with E-state index in [0.29, 0.717) is 17.1 Å². The highest BCUT2D eigenvalue weighted by molar-refractivity contribution is 5.97. The molecule has 0 saturated carbocycles. The number of carbonyl (C=O) groups excluding carboxylic acids is 2. The van der Waals surface area contributed by atoms with Gasteiger partial charge in [0, 0.05) is 13.6 Å². The van der Waals surface area contributed by atoms with Gasteiger partial charge in [-0.05, 0) is 44.2 Å². The number of hydrogen-bond donors (Lipinski definition) is 2. The molecule has 0 unspecified atom stereocenters. The molecule has 0 aliphatic carbocycles. The topological polar surface area (TPSA) is 92.0 Å². The third kappa shape index (κ3) is 6.51. The average molecular weight is 428 g/mol. The number of nitrogens with zero attached hydrogens (tertiary/aromatic N) is 1. The smallest absolute Gasteiger partial charge is 0.416 e. The highest BCUT2D eigenvalue weighted by Gasteiger charge is 2.30. The van der Waals surface area contributed by atoms with E-state index in [2.05, 4.69) is 5.32 Å². The monoisotopic (exact) mass is 428 g/mol. The molecule has 2 amide bonds. The Morgan fingerprint density at radius 1 is 1.23 bits per heavy atom. The molecule has 0 aliphatic rings. The summed E-state index contributed by atoms with van der Waals surface area (Å²) in [6, 6.07) is 5.63. The number of halogens is 3. The summed E-state index contributed by atoms with van der Waals surface area (Å²) in [4.78, 5) is 25.4. The Balaban J connectivity index is 1.76. The van der Waals surface area contributed by atoms with Crippen molar-refractivity contribution in [3.63, 3.8) is 0 Å². The van der Waals surface area contributed by atoms with Crippen LogP contribution in [-0.2, 0) is 11.0 Å². The summed E-state index contributed by atoms with van der Waals surface area (Å²) in [5.74, 6) is 0.306. The van der Waals surface area contributed by atoms with Crippen molar-refractivity contribution in [1.29, 1.82) is 0 Å². The molecule has 0 radical (unpaired) electrons. The minimum absolute atomic E-state index is 0.0841. The molecule has 0 bridgehead atoms. The van der Waals surface area contributed by atoms with E-state index in [1.54, 1.807) is 19.9 Å². The molecule has 2 rings (SSSR count). The second-order valence-corrected chi connectivity index (χ2v) is 6.77. The molecular formula is C20H23F3N2O5.